The van der Waals surface area contributed by atoms with E-state index in [-0.39, 0.29) is 24.3 Å². The zero-order chi connectivity index (χ0) is 22.3. The molecule has 2 heterocycles. The summed E-state index contributed by atoms with van der Waals surface area (Å²) < 4.78 is 3.93. The van der Waals surface area contributed by atoms with Gasteiger partial charge in [-0.05, 0) is 44.7 Å². The summed E-state index contributed by atoms with van der Waals surface area (Å²) in [5.74, 6) is -1.39. The van der Waals surface area contributed by atoms with Crippen molar-refractivity contribution in [1.29, 1.82) is 0 Å². The smallest absolute Gasteiger partial charge is 0.325 e. The van der Waals surface area contributed by atoms with Crippen molar-refractivity contribution in [3.8, 4) is 0 Å². The van der Waals surface area contributed by atoms with E-state index in [1.165, 1.54) is 11.9 Å². The van der Waals surface area contributed by atoms with E-state index < -0.39 is 22.4 Å². The number of carbonyl (C=O) groups excluding carboxylic acids is 3. The zero-order valence-corrected chi connectivity index (χ0v) is 18.9. The van der Waals surface area contributed by atoms with Crippen molar-refractivity contribution in [3.63, 3.8) is 0 Å². The maximum Gasteiger partial charge on any atom is 0.325 e. The Hall–Kier alpha value is -1.90. The fourth-order valence-corrected chi connectivity index (χ4v) is 3.14. The third-order valence-electron chi connectivity index (χ3n) is 4.65. The number of nitrogens with zero attached hydrogens (tertiary/aromatic N) is 2. The molecule has 0 aromatic carbocycles. The number of esters is 1. The van der Waals surface area contributed by atoms with E-state index in [0.717, 1.165) is 5.56 Å². The van der Waals surface area contributed by atoms with E-state index in [1.807, 2.05) is 12.1 Å². The molecular weight excluding hydrogens is 431 g/mol. The Labute approximate surface area is 186 Å². The number of nitrogens with one attached hydrogen (secondary N) is 2. The lowest BCUT2D eigenvalue weighted by molar-refractivity contribution is -0.153. The van der Waals surface area contributed by atoms with Crippen molar-refractivity contribution in [2.45, 2.75) is 56.5 Å². The van der Waals surface area contributed by atoms with Crippen LogP contribution in [0.25, 0.3) is 0 Å². The molecule has 1 saturated heterocycles. The van der Waals surface area contributed by atoms with Gasteiger partial charge in [-0.3, -0.25) is 24.4 Å². The number of pyridine rings is 1. The van der Waals surface area contributed by atoms with Crippen LogP contribution in [0.5, 0.6) is 0 Å². The van der Waals surface area contributed by atoms with Crippen molar-refractivity contribution in [1.82, 2.24) is 20.7 Å². The molecule has 10 heteroatoms. The van der Waals surface area contributed by atoms with E-state index in [9.17, 15) is 14.4 Å². The zero-order valence-electron chi connectivity index (χ0n) is 17.4. The van der Waals surface area contributed by atoms with Crippen molar-refractivity contribution < 1.29 is 19.1 Å². The third-order valence-corrected chi connectivity index (χ3v) is 4.86. The Morgan fingerprint density at radius 3 is 2.77 bits per heavy atom. The lowest BCUT2D eigenvalue weighted by atomic mass is 10.0. The van der Waals surface area contributed by atoms with Crippen LogP contribution >= 0.6 is 23.2 Å². The van der Waals surface area contributed by atoms with Crippen LogP contribution in [0.1, 0.15) is 39.2 Å². The van der Waals surface area contributed by atoms with Gasteiger partial charge in [0.15, 0.2) is 0 Å². The van der Waals surface area contributed by atoms with Crippen molar-refractivity contribution in [2.24, 2.45) is 5.92 Å². The molecule has 0 aliphatic carbocycles. The average molecular weight is 459 g/mol. The van der Waals surface area contributed by atoms with Gasteiger partial charge in [-0.1, -0.05) is 36.2 Å². The average Bonchev–Trinajstić information content (AvgIpc) is 2.71. The number of amides is 2. The molecule has 1 aromatic heterocycles. The molecule has 1 aliphatic rings. The van der Waals surface area contributed by atoms with Gasteiger partial charge in [-0.25, -0.2) is 5.43 Å². The number of carbonyl (C=O) groups is 3. The quantitative estimate of drug-likeness (QED) is 0.456. The van der Waals surface area contributed by atoms with Gasteiger partial charge < -0.3 is 10.1 Å². The summed E-state index contributed by atoms with van der Waals surface area (Å²) in [4.78, 5) is 41.5. The Balaban J connectivity index is 1.85. The molecule has 1 aliphatic heterocycles. The highest BCUT2D eigenvalue weighted by molar-refractivity contribution is 6.48. The molecule has 8 nitrogen and oxygen atoms in total. The first-order valence-corrected chi connectivity index (χ1v) is 10.6. The third kappa shape index (κ3) is 7.74. The monoisotopic (exact) mass is 458 g/mol. The first-order valence-electron chi connectivity index (χ1n) is 9.88. The Bertz CT molecular complexity index is 742. The molecule has 0 saturated carbocycles. The summed E-state index contributed by atoms with van der Waals surface area (Å²) in [7, 11) is 0. The van der Waals surface area contributed by atoms with Gasteiger partial charge in [0.05, 0.1) is 0 Å². The second kappa shape index (κ2) is 10.9. The minimum atomic E-state index is -1.18. The van der Waals surface area contributed by atoms with E-state index in [0.29, 0.717) is 25.8 Å². The summed E-state index contributed by atoms with van der Waals surface area (Å²) >= 11 is 11.6. The molecule has 166 valence electrons. The van der Waals surface area contributed by atoms with Crippen molar-refractivity contribution >= 4 is 41.0 Å². The number of hydrogen-bond acceptors (Lipinski definition) is 6. The maximum atomic E-state index is 12.7. The predicted octanol–water partition coefficient (Wildman–Crippen LogP) is 2.00. The second-order valence-electron chi connectivity index (χ2n) is 7.69. The highest BCUT2D eigenvalue weighted by Crippen LogP contribution is 2.20. The molecule has 2 N–H and O–H groups in total. The minimum absolute atomic E-state index is 0.150. The van der Waals surface area contributed by atoms with Crippen LogP contribution in [-0.4, -0.2) is 57.3 Å². The van der Waals surface area contributed by atoms with E-state index in [2.05, 4.69) is 15.7 Å². The minimum Gasteiger partial charge on any atom is -0.461 e. The van der Waals surface area contributed by atoms with Gasteiger partial charge in [0.1, 0.15) is 23.0 Å². The molecule has 0 spiro atoms. The molecule has 0 radical (unpaired) electrons. The van der Waals surface area contributed by atoms with Gasteiger partial charge in [-0.15, -0.1) is 0 Å². The Morgan fingerprint density at radius 2 is 2.13 bits per heavy atom. The predicted molar refractivity (Wildman–Crippen MR) is 114 cm³/mol. The number of hydrazine groups is 1. The first-order chi connectivity index (χ1) is 14.1. The van der Waals surface area contributed by atoms with Crippen LogP contribution in [0.4, 0.5) is 0 Å². The van der Waals surface area contributed by atoms with Gasteiger partial charge in [-0.2, -0.15) is 0 Å². The van der Waals surface area contributed by atoms with Crippen molar-refractivity contribution in [3.05, 3.63) is 30.1 Å². The molecular formula is C20H28Cl2N4O4. The number of alkyl halides is 2. The summed E-state index contributed by atoms with van der Waals surface area (Å²) in [6, 6.07) is 2.30. The highest BCUT2D eigenvalue weighted by atomic mass is 35.5. The number of aromatic nitrogens is 1. The van der Waals surface area contributed by atoms with E-state index in [1.54, 1.807) is 26.2 Å². The van der Waals surface area contributed by atoms with Crippen LogP contribution < -0.4 is 10.7 Å². The van der Waals surface area contributed by atoms with E-state index >= 15 is 0 Å². The molecule has 1 fully saturated rings. The Kier molecular flexibility index (Phi) is 8.88. The van der Waals surface area contributed by atoms with Crippen LogP contribution in [0.2, 0.25) is 0 Å². The summed E-state index contributed by atoms with van der Waals surface area (Å²) in [5, 5.41) is 4.10. The number of ether oxygens (including phenoxy) is 1. The number of halogens is 2. The van der Waals surface area contributed by atoms with Crippen LogP contribution in [0.15, 0.2) is 24.5 Å². The van der Waals surface area contributed by atoms with Gasteiger partial charge in [0.25, 0.3) is 5.91 Å². The topological polar surface area (TPSA) is 101 Å². The molecule has 1 aromatic rings. The largest absolute Gasteiger partial charge is 0.461 e. The normalized spacial score (nSPS) is 19.0. The van der Waals surface area contributed by atoms with Crippen LogP contribution in [0, 0.1) is 5.92 Å². The molecule has 3 unspecified atom stereocenters. The molecule has 2 amide bonds. The SMILES string of the molecule is CC(Cc1cccnc1)C(=O)NC(C)C(=O)N1CCCC(C(=O)OCC(C)(Cl)Cl)N1. The molecule has 0 bridgehead atoms. The summed E-state index contributed by atoms with van der Waals surface area (Å²) in [6.07, 6.45) is 5.05. The van der Waals surface area contributed by atoms with Gasteiger partial charge >= 0.3 is 5.97 Å². The van der Waals surface area contributed by atoms with Crippen LogP contribution in [0.3, 0.4) is 0 Å². The number of hydrogen-bond donors (Lipinski definition) is 2. The highest BCUT2D eigenvalue weighted by Gasteiger charge is 2.32. The fraction of sp³-hybridized carbons (Fsp3) is 0.600. The summed E-state index contributed by atoms with van der Waals surface area (Å²) in [5.41, 5.74) is 3.82. The number of rotatable bonds is 8. The van der Waals surface area contributed by atoms with Gasteiger partial charge in [0.2, 0.25) is 5.91 Å². The first kappa shape index (κ1) is 24.4. The van der Waals surface area contributed by atoms with Gasteiger partial charge in [0, 0.05) is 24.9 Å². The fourth-order valence-electron chi connectivity index (χ4n) is 3.03. The lowest BCUT2D eigenvalue weighted by Crippen LogP contribution is -2.59. The standard InChI is InChI=1S/C20H28Cl2N4O4/c1-13(10-15-6-4-8-23-11-15)17(27)24-14(2)18(28)26-9-5-7-16(25-26)19(29)30-12-20(3,21)22/h4,6,8,11,13-14,16,25H,5,7,9-10,12H2,1-3H3,(H,24,27). The second-order valence-corrected chi connectivity index (χ2v) is 9.55. The molecule has 30 heavy (non-hydrogen) atoms. The maximum absolute atomic E-state index is 12.7. The molecule has 3 atom stereocenters. The summed E-state index contributed by atoms with van der Waals surface area (Å²) in [6.45, 7) is 5.21. The van der Waals surface area contributed by atoms with E-state index in [4.69, 9.17) is 27.9 Å². The van der Waals surface area contributed by atoms with Crippen LogP contribution in [-0.2, 0) is 25.5 Å². The Morgan fingerprint density at radius 1 is 1.40 bits per heavy atom. The lowest BCUT2D eigenvalue weighted by Gasteiger charge is -2.34. The molecule has 2 rings (SSSR count). The van der Waals surface area contributed by atoms with Crippen molar-refractivity contribution in [2.75, 3.05) is 13.2 Å².